The van der Waals surface area contributed by atoms with Crippen LogP contribution in [0.2, 0.25) is 0 Å². The number of anilines is 1. The van der Waals surface area contributed by atoms with Gasteiger partial charge in [0.25, 0.3) is 0 Å². The number of nitrogen functional groups attached to an aromatic ring is 1. The number of nitrogens with zero attached hydrogens (tertiary/aromatic N) is 1. The van der Waals surface area contributed by atoms with E-state index in [-0.39, 0.29) is 0 Å². The smallest absolute Gasteiger partial charge is 0.0328 e. The maximum absolute atomic E-state index is 5.87. The second-order valence-corrected chi connectivity index (χ2v) is 7.64. The van der Waals surface area contributed by atoms with Crippen LogP contribution < -0.4 is 5.73 Å². The van der Waals surface area contributed by atoms with E-state index in [1.54, 1.807) is 0 Å². The Labute approximate surface area is 116 Å². The summed E-state index contributed by atoms with van der Waals surface area (Å²) in [5.74, 6) is 0. The van der Waals surface area contributed by atoms with Crippen molar-refractivity contribution < 1.29 is 0 Å². The summed E-state index contributed by atoms with van der Waals surface area (Å²) < 4.78 is 1.07. The van der Waals surface area contributed by atoms with E-state index in [9.17, 15) is 0 Å². The predicted octanol–water partition coefficient (Wildman–Crippen LogP) is 3.36. The first-order chi connectivity index (χ1) is 8.02. The first-order valence-corrected chi connectivity index (χ1v) is 7.69. The highest BCUT2D eigenvalue weighted by Crippen LogP contribution is 2.26. The number of rotatable bonds is 2. The van der Waals surface area contributed by atoms with E-state index in [1.807, 2.05) is 6.07 Å². The highest BCUT2D eigenvalue weighted by Gasteiger charge is 2.22. The second kappa shape index (κ2) is 5.63. The standard InChI is InChI=1S/C13H19BrN2S/c1-9-6-16(7-10(2)17-9)8-11-3-12(14)5-13(15)4-11/h3-5,9-10H,6-8,15H2,1-2H3. The van der Waals surface area contributed by atoms with Crippen molar-refractivity contribution in [2.24, 2.45) is 0 Å². The zero-order valence-corrected chi connectivity index (χ0v) is 12.7. The number of hydrogen-bond acceptors (Lipinski definition) is 3. The fourth-order valence-corrected chi connectivity index (χ4v) is 4.38. The van der Waals surface area contributed by atoms with E-state index < -0.39 is 0 Å². The third-order valence-corrected chi connectivity index (χ3v) is 4.57. The van der Waals surface area contributed by atoms with Crippen molar-refractivity contribution in [1.29, 1.82) is 0 Å². The Morgan fingerprint density at radius 2 is 1.94 bits per heavy atom. The Balaban J connectivity index is 2.04. The van der Waals surface area contributed by atoms with E-state index in [2.05, 4.69) is 58.6 Å². The molecule has 1 aromatic carbocycles. The molecule has 0 aliphatic carbocycles. The number of hydrogen-bond donors (Lipinski definition) is 1. The van der Waals surface area contributed by atoms with Crippen LogP contribution in [0.1, 0.15) is 19.4 Å². The van der Waals surface area contributed by atoms with Gasteiger partial charge in [0.2, 0.25) is 0 Å². The molecule has 2 N–H and O–H groups in total. The van der Waals surface area contributed by atoms with Gasteiger partial charge in [-0.25, -0.2) is 0 Å². The summed E-state index contributed by atoms with van der Waals surface area (Å²) >= 11 is 5.59. The molecule has 1 aromatic rings. The molecule has 1 fully saturated rings. The Bertz CT molecular complexity index is 367. The number of thioether (sulfide) groups is 1. The van der Waals surface area contributed by atoms with Gasteiger partial charge in [-0.3, -0.25) is 4.90 Å². The topological polar surface area (TPSA) is 29.3 Å². The minimum atomic E-state index is 0.725. The number of halogens is 1. The first kappa shape index (κ1) is 13.2. The molecule has 94 valence electrons. The summed E-state index contributed by atoms with van der Waals surface area (Å²) in [7, 11) is 0. The van der Waals surface area contributed by atoms with Crippen LogP contribution >= 0.6 is 27.7 Å². The lowest BCUT2D eigenvalue weighted by molar-refractivity contribution is 0.263. The summed E-state index contributed by atoms with van der Waals surface area (Å²) in [6.45, 7) is 7.95. The zero-order valence-electron chi connectivity index (χ0n) is 10.3. The molecule has 0 amide bonds. The lowest BCUT2D eigenvalue weighted by atomic mass is 10.2. The van der Waals surface area contributed by atoms with Crippen LogP contribution in [-0.2, 0) is 6.54 Å². The molecular formula is C13H19BrN2S. The molecule has 2 nitrogen and oxygen atoms in total. The lowest BCUT2D eigenvalue weighted by Crippen LogP contribution is -2.39. The van der Waals surface area contributed by atoms with Crippen molar-refractivity contribution in [1.82, 2.24) is 4.90 Å². The van der Waals surface area contributed by atoms with Gasteiger partial charge >= 0.3 is 0 Å². The normalized spacial score (nSPS) is 26.1. The largest absolute Gasteiger partial charge is 0.399 e. The summed E-state index contributed by atoms with van der Waals surface area (Å²) in [6, 6.07) is 6.18. The molecule has 2 rings (SSSR count). The van der Waals surface area contributed by atoms with Crippen molar-refractivity contribution in [2.75, 3.05) is 18.8 Å². The molecule has 0 bridgehead atoms. The van der Waals surface area contributed by atoms with Crippen LogP contribution in [0, 0.1) is 0 Å². The average Bonchev–Trinajstić information content (AvgIpc) is 2.13. The van der Waals surface area contributed by atoms with Gasteiger partial charge in [-0.1, -0.05) is 29.8 Å². The third kappa shape index (κ3) is 3.90. The van der Waals surface area contributed by atoms with Crippen LogP contribution in [0.4, 0.5) is 5.69 Å². The first-order valence-electron chi connectivity index (χ1n) is 5.95. The molecule has 4 heteroatoms. The van der Waals surface area contributed by atoms with Crippen molar-refractivity contribution in [3.05, 3.63) is 28.2 Å². The van der Waals surface area contributed by atoms with Crippen molar-refractivity contribution in [3.8, 4) is 0 Å². The molecule has 0 aromatic heterocycles. The van der Waals surface area contributed by atoms with Crippen LogP contribution in [-0.4, -0.2) is 28.5 Å². The maximum Gasteiger partial charge on any atom is 0.0328 e. The molecule has 1 aliphatic heterocycles. The fraction of sp³-hybridized carbons (Fsp3) is 0.538. The van der Waals surface area contributed by atoms with Crippen LogP contribution in [0.15, 0.2) is 22.7 Å². The molecule has 2 atom stereocenters. The van der Waals surface area contributed by atoms with Gasteiger partial charge < -0.3 is 5.73 Å². The van der Waals surface area contributed by atoms with Crippen LogP contribution in [0.3, 0.4) is 0 Å². The van der Waals surface area contributed by atoms with Crippen LogP contribution in [0.5, 0.6) is 0 Å². The third-order valence-electron chi connectivity index (χ3n) is 2.88. The predicted molar refractivity (Wildman–Crippen MR) is 80.3 cm³/mol. The summed E-state index contributed by atoms with van der Waals surface area (Å²) in [5.41, 5.74) is 8.00. The molecule has 1 heterocycles. The lowest BCUT2D eigenvalue weighted by Gasteiger charge is -2.34. The molecule has 17 heavy (non-hydrogen) atoms. The van der Waals surface area contributed by atoms with E-state index in [1.165, 1.54) is 18.7 Å². The van der Waals surface area contributed by atoms with Gasteiger partial charge in [0.15, 0.2) is 0 Å². The van der Waals surface area contributed by atoms with Gasteiger partial charge in [-0.05, 0) is 23.8 Å². The molecule has 1 aliphatic rings. The highest BCUT2D eigenvalue weighted by atomic mass is 79.9. The Kier molecular flexibility index (Phi) is 4.39. The number of benzene rings is 1. The monoisotopic (exact) mass is 314 g/mol. The minimum absolute atomic E-state index is 0.725. The summed E-state index contributed by atoms with van der Waals surface area (Å²) in [6.07, 6.45) is 0. The second-order valence-electron chi connectivity index (χ2n) is 4.84. The van der Waals surface area contributed by atoms with Crippen molar-refractivity contribution >= 4 is 33.4 Å². The Hall–Kier alpha value is -0.190. The summed E-state index contributed by atoms with van der Waals surface area (Å²) in [5, 5.41) is 1.45. The molecular weight excluding hydrogens is 296 g/mol. The fourth-order valence-electron chi connectivity index (χ4n) is 2.44. The molecule has 1 saturated heterocycles. The molecule has 0 spiro atoms. The van der Waals surface area contributed by atoms with E-state index >= 15 is 0 Å². The molecule has 0 radical (unpaired) electrons. The minimum Gasteiger partial charge on any atom is -0.399 e. The molecule has 2 unspecified atom stereocenters. The van der Waals surface area contributed by atoms with Crippen molar-refractivity contribution in [2.45, 2.75) is 30.9 Å². The van der Waals surface area contributed by atoms with E-state index in [0.717, 1.165) is 27.2 Å². The summed E-state index contributed by atoms with van der Waals surface area (Å²) in [4.78, 5) is 2.52. The maximum atomic E-state index is 5.87. The van der Waals surface area contributed by atoms with Gasteiger partial charge in [0.1, 0.15) is 0 Å². The Morgan fingerprint density at radius 3 is 2.53 bits per heavy atom. The quantitative estimate of drug-likeness (QED) is 0.849. The van der Waals surface area contributed by atoms with Crippen LogP contribution in [0.25, 0.3) is 0 Å². The molecule has 0 saturated carbocycles. The zero-order chi connectivity index (χ0) is 12.4. The van der Waals surface area contributed by atoms with Gasteiger partial charge in [-0.2, -0.15) is 11.8 Å². The van der Waals surface area contributed by atoms with E-state index in [4.69, 9.17) is 5.73 Å². The van der Waals surface area contributed by atoms with Gasteiger partial charge in [-0.15, -0.1) is 0 Å². The van der Waals surface area contributed by atoms with E-state index in [0.29, 0.717) is 0 Å². The van der Waals surface area contributed by atoms with Crippen molar-refractivity contribution in [3.63, 3.8) is 0 Å². The SMILES string of the molecule is CC1CN(Cc2cc(N)cc(Br)c2)CC(C)S1. The highest BCUT2D eigenvalue weighted by molar-refractivity contribution is 9.10. The number of nitrogens with two attached hydrogens (primary N) is 1. The van der Waals surface area contributed by atoms with Gasteiger partial charge in [0.05, 0.1) is 0 Å². The average molecular weight is 315 g/mol. The van der Waals surface area contributed by atoms with Gasteiger partial charge in [0, 0.05) is 40.3 Å². The Morgan fingerprint density at radius 1 is 1.29 bits per heavy atom.